The molecular weight excluding hydrogens is 196 g/mol. The van der Waals surface area contributed by atoms with Crippen LogP contribution in [-0.4, -0.2) is 0 Å². The minimum Gasteiger partial charge on any atom is -0.321 e. The van der Waals surface area contributed by atoms with Crippen LogP contribution in [0.5, 0.6) is 0 Å². The second kappa shape index (κ2) is 4.27. The van der Waals surface area contributed by atoms with E-state index in [0.29, 0.717) is 6.42 Å². The molecule has 0 spiro atoms. The highest BCUT2D eigenvalue weighted by atomic mass is 19.1. The molecule has 0 saturated heterocycles. The summed E-state index contributed by atoms with van der Waals surface area (Å²) in [5.74, 6) is -1.14. The van der Waals surface area contributed by atoms with Gasteiger partial charge >= 0.3 is 0 Å². The summed E-state index contributed by atoms with van der Waals surface area (Å²) in [6, 6.07) is 3.85. The summed E-state index contributed by atoms with van der Waals surface area (Å²) >= 11 is 0. The number of halogens is 2. The Morgan fingerprint density at radius 1 is 1.27 bits per heavy atom. The molecule has 0 aliphatic heterocycles. The maximum absolute atomic E-state index is 13.6. The first-order valence-electron chi connectivity index (χ1n) is 5.16. The van der Waals surface area contributed by atoms with Crippen LogP contribution in [0, 0.1) is 17.6 Å². The van der Waals surface area contributed by atoms with E-state index in [1.807, 2.05) is 20.8 Å². The Labute approximate surface area is 89.3 Å². The van der Waals surface area contributed by atoms with Gasteiger partial charge in [0.15, 0.2) is 0 Å². The Hall–Kier alpha value is -0.960. The van der Waals surface area contributed by atoms with Gasteiger partial charge in [-0.2, -0.15) is 0 Å². The van der Waals surface area contributed by atoms with E-state index in [1.54, 1.807) is 0 Å². The number of benzene rings is 1. The molecule has 2 N–H and O–H groups in total. The van der Waals surface area contributed by atoms with E-state index >= 15 is 0 Å². The molecule has 0 aliphatic carbocycles. The zero-order chi connectivity index (χ0) is 11.6. The first-order chi connectivity index (χ1) is 6.93. The molecule has 1 unspecified atom stereocenters. The predicted octanol–water partition coefficient (Wildman–Crippen LogP) is 3.18. The second-order valence-corrected chi connectivity index (χ2v) is 4.15. The van der Waals surface area contributed by atoms with Crippen LogP contribution < -0.4 is 5.73 Å². The van der Waals surface area contributed by atoms with E-state index in [0.717, 1.165) is 0 Å². The molecule has 0 radical (unpaired) electrons. The van der Waals surface area contributed by atoms with Gasteiger partial charge in [0, 0.05) is 11.1 Å². The molecule has 0 fully saturated rings. The number of hydrogen-bond acceptors (Lipinski definition) is 1. The predicted molar refractivity (Wildman–Crippen MR) is 57.4 cm³/mol. The van der Waals surface area contributed by atoms with Gasteiger partial charge in [-0.25, -0.2) is 8.78 Å². The molecule has 0 saturated carbocycles. The lowest BCUT2D eigenvalue weighted by atomic mass is 9.78. The lowest BCUT2D eigenvalue weighted by Gasteiger charge is -2.33. The Balaban J connectivity index is 3.35. The average molecular weight is 213 g/mol. The summed E-state index contributed by atoms with van der Waals surface area (Å²) in [7, 11) is 0. The van der Waals surface area contributed by atoms with Gasteiger partial charge in [0.25, 0.3) is 0 Å². The molecule has 0 aromatic heterocycles. The van der Waals surface area contributed by atoms with Crippen LogP contribution in [0.25, 0.3) is 0 Å². The van der Waals surface area contributed by atoms with E-state index in [1.165, 1.54) is 18.2 Å². The zero-order valence-corrected chi connectivity index (χ0v) is 9.35. The summed E-state index contributed by atoms with van der Waals surface area (Å²) < 4.78 is 27.1. The molecule has 3 heteroatoms. The van der Waals surface area contributed by atoms with Gasteiger partial charge in [0.1, 0.15) is 11.6 Å². The van der Waals surface area contributed by atoms with Crippen molar-refractivity contribution < 1.29 is 8.78 Å². The highest BCUT2D eigenvalue weighted by Gasteiger charge is 2.34. The highest BCUT2D eigenvalue weighted by Crippen LogP contribution is 2.33. The molecule has 0 amide bonds. The Bertz CT molecular complexity index is 329. The van der Waals surface area contributed by atoms with E-state index in [2.05, 4.69) is 0 Å². The standard InChI is InChI=1S/C12H17F2N/c1-4-12(15,8(2)3)11-9(13)6-5-7-10(11)14/h5-8H,4,15H2,1-3H3. The quantitative estimate of drug-likeness (QED) is 0.819. The van der Waals surface area contributed by atoms with Gasteiger partial charge in [-0.05, 0) is 24.5 Å². The Kier molecular flexibility index (Phi) is 3.45. The van der Waals surface area contributed by atoms with Crippen molar-refractivity contribution in [3.05, 3.63) is 35.4 Å². The smallest absolute Gasteiger partial charge is 0.131 e. The van der Waals surface area contributed by atoms with Crippen LogP contribution in [-0.2, 0) is 5.54 Å². The van der Waals surface area contributed by atoms with E-state index in [9.17, 15) is 8.78 Å². The van der Waals surface area contributed by atoms with Crippen LogP contribution in [0.1, 0.15) is 32.8 Å². The van der Waals surface area contributed by atoms with Crippen molar-refractivity contribution in [3.63, 3.8) is 0 Å². The van der Waals surface area contributed by atoms with Crippen LogP contribution in [0.3, 0.4) is 0 Å². The fraction of sp³-hybridized carbons (Fsp3) is 0.500. The molecule has 1 nitrogen and oxygen atoms in total. The zero-order valence-electron chi connectivity index (χ0n) is 9.35. The third kappa shape index (κ3) is 2.02. The summed E-state index contributed by atoms with van der Waals surface area (Å²) in [5.41, 5.74) is 5.15. The van der Waals surface area contributed by atoms with Gasteiger partial charge in [-0.1, -0.05) is 26.8 Å². The molecule has 1 atom stereocenters. The van der Waals surface area contributed by atoms with Crippen molar-refractivity contribution in [2.75, 3.05) is 0 Å². The third-order valence-electron chi connectivity index (χ3n) is 3.04. The number of rotatable bonds is 3. The SMILES string of the molecule is CCC(N)(c1c(F)cccc1F)C(C)C. The summed E-state index contributed by atoms with van der Waals surface area (Å²) in [4.78, 5) is 0. The minimum absolute atomic E-state index is 0.00231. The molecule has 0 aliphatic rings. The van der Waals surface area contributed by atoms with Crippen molar-refractivity contribution in [2.24, 2.45) is 11.7 Å². The average Bonchev–Trinajstić information content (AvgIpc) is 2.16. The lowest BCUT2D eigenvalue weighted by Crippen LogP contribution is -2.43. The van der Waals surface area contributed by atoms with E-state index < -0.39 is 17.2 Å². The number of nitrogens with two attached hydrogens (primary N) is 1. The van der Waals surface area contributed by atoms with Gasteiger partial charge in [-0.15, -0.1) is 0 Å². The summed E-state index contributed by atoms with van der Waals surface area (Å²) in [6.07, 6.45) is 0.502. The molecule has 1 aromatic rings. The van der Waals surface area contributed by atoms with Crippen LogP contribution in [0.2, 0.25) is 0 Å². The largest absolute Gasteiger partial charge is 0.321 e. The molecule has 1 aromatic carbocycles. The fourth-order valence-electron chi connectivity index (χ4n) is 1.82. The van der Waals surface area contributed by atoms with Gasteiger partial charge < -0.3 is 5.73 Å². The maximum atomic E-state index is 13.6. The van der Waals surface area contributed by atoms with E-state index in [-0.39, 0.29) is 11.5 Å². The number of hydrogen-bond donors (Lipinski definition) is 1. The Morgan fingerprint density at radius 2 is 1.73 bits per heavy atom. The fourth-order valence-corrected chi connectivity index (χ4v) is 1.82. The molecule has 0 bridgehead atoms. The minimum atomic E-state index is -0.935. The maximum Gasteiger partial charge on any atom is 0.131 e. The van der Waals surface area contributed by atoms with Crippen molar-refractivity contribution in [3.8, 4) is 0 Å². The summed E-state index contributed by atoms with van der Waals surface area (Å²) in [6.45, 7) is 5.58. The molecule has 84 valence electrons. The molecule has 1 rings (SSSR count). The Morgan fingerprint density at radius 3 is 2.07 bits per heavy atom. The lowest BCUT2D eigenvalue weighted by molar-refractivity contribution is 0.283. The highest BCUT2D eigenvalue weighted by molar-refractivity contribution is 5.28. The van der Waals surface area contributed by atoms with Crippen LogP contribution in [0.15, 0.2) is 18.2 Å². The van der Waals surface area contributed by atoms with Crippen molar-refractivity contribution >= 4 is 0 Å². The first kappa shape index (κ1) is 12.1. The third-order valence-corrected chi connectivity index (χ3v) is 3.04. The normalized spacial score (nSPS) is 15.4. The van der Waals surface area contributed by atoms with Crippen molar-refractivity contribution in [1.82, 2.24) is 0 Å². The molecular formula is C12H17F2N. The summed E-state index contributed by atoms with van der Waals surface area (Å²) in [5, 5.41) is 0. The van der Waals surface area contributed by atoms with Gasteiger partial charge in [-0.3, -0.25) is 0 Å². The first-order valence-corrected chi connectivity index (χ1v) is 5.16. The van der Waals surface area contributed by atoms with Crippen molar-refractivity contribution in [2.45, 2.75) is 32.7 Å². The van der Waals surface area contributed by atoms with Gasteiger partial charge in [0.2, 0.25) is 0 Å². The van der Waals surface area contributed by atoms with Crippen LogP contribution in [0.4, 0.5) is 8.78 Å². The van der Waals surface area contributed by atoms with Gasteiger partial charge in [0.05, 0.1) is 0 Å². The topological polar surface area (TPSA) is 26.0 Å². The monoisotopic (exact) mass is 213 g/mol. The molecule has 0 heterocycles. The van der Waals surface area contributed by atoms with Crippen LogP contribution >= 0.6 is 0 Å². The van der Waals surface area contributed by atoms with E-state index in [4.69, 9.17) is 5.73 Å². The van der Waals surface area contributed by atoms with Crippen molar-refractivity contribution in [1.29, 1.82) is 0 Å². The molecule has 15 heavy (non-hydrogen) atoms. The second-order valence-electron chi connectivity index (χ2n) is 4.15.